The van der Waals surface area contributed by atoms with E-state index in [0.29, 0.717) is 0 Å². The third-order valence-electron chi connectivity index (χ3n) is 5.99. The van der Waals surface area contributed by atoms with Crippen LogP contribution >= 0.6 is 0 Å². The molecular weight excluding hydrogens is 320 g/mol. The minimum Gasteiger partial charge on any atom is -0.335 e. The quantitative estimate of drug-likeness (QED) is 0.816. The largest absolute Gasteiger partial charge is 0.335 e. The number of pyridine rings is 1. The van der Waals surface area contributed by atoms with E-state index in [1.165, 1.54) is 80.7 Å². The maximum atomic E-state index is 4.83. The molecule has 0 radical (unpaired) electrons. The van der Waals surface area contributed by atoms with Gasteiger partial charge in [-0.2, -0.15) is 0 Å². The fourth-order valence-electron chi connectivity index (χ4n) is 4.60. The second-order valence-corrected chi connectivity index (χ2v) is 8.03. The Morgan fingerprint density at radius 3 is 2.69 bits per heavy atom. The van der Waals surface area contributed by atoms with Gasteiger partial charge in [-0.15, -0.1) is 0 Å². The third kappa shape index (κ3) is 4.17. The lowest BCUT2D eigenvalue weighted by molar-refractivity contribution is 0.260. The number of aromatic nitrogens is 3. The zero-order valence-corrected chi connectivity index (χ0v) is 16.2. The van der Waals surface area contributed by atoms with Gasteiger partial charge in [0.05, 0.1) is 0 Å². The molecule has 2 aromatic heterocycles. The van der Waals surface area contributed by atoms with Crippen LogP contribution in [0.4, 0.5) is 0 Å². The summed E-state index contributed by atoms with van der Waals surface area (Å²) >= 11 is 0. The number of nitrogens with zero attached hydrogens (tertiary/aromatic N) is 4. The van der Waals surface area contributed by atoms with Crippen LogP contribution in [0.2, 0.25) is 0 Å². The second kappa shape index (κ2) is 8.34. The Labute approximate surface area is 157 Å². The number of hydrogen-bond acceptors (Lipinski definition) is 3. The highest BCUT2D eigenvalue weighted by molar-refractivity contribution is 5.34. The van der Waals surface area contributed by atoms with E-state index in [0.717, 1.165) is 26.1 Å². The molecule has 0 saturated heterocycles. The van der Waals surface area contributed by atoms with Crippen LogP contribution in [0.1, 0.15) is 66.9 Å². The Hall–Kier alpha value is -1.68. The van der Waals surface area contributed by atoms with Gasteiger partial charge in [-0.1, -0.05) is 12.8 Å². The molecule has 0 atom stereocenters. The molecule has 1 aliphatic heterocycles. The topological polar surface area (TPSA) is 34.0 Å². The monoisotopic (exact) mass is 352 g/mol. The van der Waals surface area contributed by atoms with Crippen LogP contribution in [-0.2, 0) is 32.4 Å². The average Bonchev–Trinajstić information content (AvgIpc) is 3.07. The fourth-order valence-corrected chi connectivity index (χ4v) is 4.60. The average molecular weight is 353 g/mol. The summed E-state index contributed by atoms with van der Waals surface area (Å²) in [4.78, 5) is 12.1. The highest BCUT2D eigenvalue weighted by Crippen LogP contribution is 2.25. The van der Waals surface area contributed by atoms with Gasteiger partial charge in [-0.25, -0.2) is 4.98 Å². The van der Waals surface area contributed by atoms with Gasteiger partial charge in [0.2, 0.25) is 0 Å². The first-order valence-corrected chi connectivity index (χ1v) is 10.5. The van der Waals surface area contributed by atoms with Gasteiger partial charge in [0.25, 0.3) is 0 Å². The Bertz CT molecular complexity index is 734. The first kappa shape index (κ1) is 17.7. The van der Waals surface area contributed by atoms with Crippen LogP contribution in [0, 0.1) is 6.92 Å². The number of fused-ring (bicyclic) bond motifs is 2. The summed E-state index contributed by atoms with van der Waals surface area (Å²) in [7, 11) is 0. The summed E-state index contributed by atoms with van der Waals surface area (Å²) in [6.07, 6.45) is 15.4. The maximum absolute atomic E-state index is 4.83. The molecule has 0 saturated carbocycles. The zero-order chi connectivity index (χ0) is 17.8. The number of aryl methyl sites for hydroxylation is 3. The predicted octanol–water partition coefficient (Wildman–Crippen LogP) is 4.08. The van der Waals surface area contributed by atoms with Crippen LogP contribution in [0.5, 0.6) is 0 Å². The van der Waals surface area contributed by atoms with Crippen LogP contribution in [0.25, 0.3) is 0 Å². The fraction of sp³-hybridized carbons (Fsp3) is 0.636. The van der Waals surface area contributed by atoms with E-state index in [-0.39, 0.29) is 0 Å². The van der Waals surface area contributed by atoms with Gasteiger partial charge in [-0.05, 0) is 69.2 Å². The number of imidazole rings is 1. The lowest BCUT2D eigenvalue weighted by Crippen LogP contribution is -2.28. The summed E-state index contributed by atoms with van der Waals surface area (Å²) < 4.78 is 2.36. The Morgan fingerprint density at radius 2 is 1.77 bits per heavy atom. The molecule has 4 nitrogen and oxygen atoms in total. The van der Waals surface area contributed by atoms with Crippen molar-refractivity contribution in [3.8, 4) is 0 Å². The predicted molar refractivity (Wildman–Crippen MR) is 105 cm³/mol. The van der Waals surface area contributed by atoms with Crippen molar-refractivity contribution in [3.05, 3.63) is 46.8 Å². The van der Waals surface area contributed by atoms with Crippen molar-refractivity contribution >= 4 is 0 Å². The molecule has 0 spiro atoms. The van der Waals surface area contributed by atoms with Gasteiger partial charge in [0, 0.05) is 49.8 Å². The number of rotatable bonds is 2. The molecule has 0 amide bonds. The second-order valence-electron chi connectivity index (χ2n) is 8.03. The Kier molecular flexibility index (Phi) is 5.68. The molecule has 1 aliphatic carbocycles. The van der Waals surface area contributed by atoms with E-state index in [1.54, 1.807) is 5.56 Å². The summed E-state index contributed by atoms with van der Waals surface area (Å²) in [5.41, 5.74) is 5.65. The van der Waals surface area contributed by atoms with Crippen LogP contribution < -0.4 is 0 Å². The maximum Gasteiger partial charge on any atom is 0.109 e. The molecule has 0 fully saturated rings. The summed E-state index contributed by atoms with van der Waals surface area (Å²) in [5.74, 6) is 1.25. The van der Waals surface area contributed by atoms with E-state index in [4.69, 9.17) is 4.98 Å². The molecule has 0 bridgehead atoms. The molecule has 3 heterocycles. The molecule has 0 unspecified atom stereocenters. The minimum absolute atomic E-state index is 1.05. The van der Waals surface area contributed by atoms with Gasteiger partial charge >= 0.3 is 0 Å². The van der Waals surface area contributed by atoms with Crippen molar-refractivity contribution in [2.24, 2.45) is 0 Å². The van der Waals surface area contributed by atoms with Crippen molar-refractivity contribution in [2.75, 3.05) is 13.1 Å². The van der Waals surface area contributed by atoms with Crippen molar-refractivity contribution in [2.45, 2.75) is 77.8 Å². The summed E-state index contributed by atoms with van der Waals surface area (Å²) in [6, 6.07) is 2.34. The SMILES string of the molecule is Cc1cc(CN2CCCCCCn3ccnc3CC2)c2c(n1)CCCC2. The molecule has 2 aromatic rings. The molecule has 4 rings (SSSR count). The van der Waals surface area contributed by atoms with Gasteiger partial charge in [0.1, 0.15) is 5.82 Å². The Balaban J connectivity index is 1.52. The van der Waals surface area contributed by atoms with Crippen LogP contribution in [-0.4, -0.2) is 32.5 Å². The molecule has 0 N–H and O–H groups in total. The lowest BCUT2D eigenvalue weighted by Gasteiger charge is -2.26. The normalized spacial score (nSPS) is 19.4. The van der Waals surface area contributed by atoms with Crippen molar-refractivity contribution in [3.63, 3.8) is 0 Å². The number of hydrogen-bond donors (Lipinski definition) is 0. The molecule has 26 heavy (non-hydrogen) atoms. The lowest BCUT2D eigenvalue weighted by atomic mass is 9.91. The van der Waals surface area contributed by atoms with Crippen LogP contribution in [0.3, 0.4) is 0 Å². The first-order valence-electron chi connectivity index (χ1n) is 10.5. The van der Waals surface area contributed by atoms with Crippen LogP contribution in [0.15, 0.2) is 18.5 Å². The minimum atomic E-state index is 1.05. The van der Waals surface area contributed by atoms with Gasteiger partial charge in [0.15, 0.2) is 0 Å². The van der Waals surface area contributed by atoms with Crippen molar-refractivity contribution in [1.29, 1.82) is 0 Å². The van der Waals surface area contributed by atoms with Gasteiger partial charge < -0.3 is 4.57 Å². The smallest absolute Gasteiger partial charge is 0.109 e. The summed E-state index contributed by atoms with van der Waals surface area (Å²) in [5, 5.41) is 0. The highest BCUT2D eigenvalue weighted by atomic mass is 15.1. The molecule has 0 aromatic carbocycles. The van der Waals surface area contributed by atoms with E-state index in [2.05, 4.69) is 33.6 Å². The van der Waals surface area contributed by atoms with E-state index >= 15 is 0 Å². The summed E-state index contributed by atoms with van der Waals surface area (Å²) in [6.45, 7) is 6.67. The molecule has 2 aliphatic rings. The third-order valence-corrected chi connectivity index (χ3v) is 5.99. The molecule has 4 heteroatoms. The zero-order valence-electron chi connectivity index (χ0n) is 16.2. The van der Waals surface area contributed by atoms with Gasteiger partial charge in [-0.3, -0.25) is 9.88 Å². The Morgan fingerprint density at radius 1 is 0.923 bits per heavy atom. The van der Waals surface area contributed by atoms with E-state index in [1.807, 2.05) is 6.20 Å². The van der Waals surface area contributed by atoms with Crippen molar-refractivity contribution < 1.29 is 0 Å². The highest BCUT2D eigenvalue weighted by Gasteiger charge is 2.18. The molecule has 140 valence electrons. The van der Waals surface area contributed by atoms with E-state index in [9.17, 15) is 0 Å². The van der Waals surface area contributed by atoms with Crippen molar-refractivity contribution in [1.82, 2.24) is 19.4 Å². The standard InChI is InChI=1S/C22H32N4/c1-18-16-19(20-8-4-5-9-21(20)24-18)17-25-12-6-2-3-7-13-26-15-11-23-22(26)10-14-25/h11,15-16H,2-10,12-14,17H2,1H3. The van der Waals surface area contributed by atoms with E-state index < -0.39 is 0 Å². The first-order chi connectivity index (χ1) is 12.8. The molecular formula is C22H32N4.